The Kier molecular flexibility index (Phi) is 3.45. The molecule has 3 aliphatic rings. The molecule has 0 aromatic rings. The van der Waals surface area contributed by atoms with E-state index in [1.165, 1.54) is 71.1 Å². The Morgan fingerprint density at radius 3 is 2.53 bits per heavy atom. The SMILES string of the molecule is CC1CCN(CC2(CNC3CC3)CCCC2)C1. The third-order valence-electron chi connectivity index (χ3n) is 5.07. The average Bonchev–Trinajstić information content (AvgIpc) is 2.90. The lowest BCUT2D eigenvalue weighted by molar-refractivity contribution is 0.168. The predicted molar refractivity (Wildman–Crippen MR) is 72.1 cm³/mol. The molecule has 0 aromatic heterocycles. The molecule has 17 heavy (non-hydrogen) atoms. The van der Waals surface area contributed by atoms with Crippen molar-refractivity contribution in [3.63, 3.8) is 0 Å². The van der Waals surface area contributed by atoms with E-state index in [2.05, 4.69) is 17.1 Å². The minimum absolute atomic E-state index is 0.632. The van der Waals surface area contributed by atoms with E-state index in [-0.39, 0.29) is 0 Å². The number of rotatable bonds is 5. The van der Waals surface area contributed by atoms with Gasteiger partial charge in [-0.1, -0.05) is 19.8 Å². The van der Waals surface area contributed by atoms with E-state index >= 15 is 0 Å². The van der Waals surface area contributed by atoms with Crippen LogP contribution in [0.3, 0.4) is 0 Å². The fourth-order valence-corrected chi connectivity index (χ4v) is 3.81. The highest BCUT2D eigenvalue weighted by atomic mass is 15.2. The largest absolute Gasteiger partial charge is 0.313 e. The van der Waals surface area contributed by atoms with Crippen LogP contribution in [0, 0.1) is 11.3 Å². The monoisotopic (exact) mass is 236 g/mol. The van der Waals surface area contributed by atoms with Crippen molar-refractivity contribution in [3.8, 4) is 0 Å². The molecule has 0 aromatic carbocycles. The number of hydrogen-bond donors (Lipinski definition) is 1. The summed E-state index contributed by atoms with van der Waals surface area (Å²) in [4.78, 5) is 2.74. The molecule has 0 bridgehead atoms. The molecule has 0 radical (unpaired) electrons. The summed E-state index contributed by atoms with van der Waals surface area (Å²) in [5, 5.41) is 3.80. The van der Waals surface area contributed by atoms with E-state index in [1.807, 2.05) is 0 Å². The summed E-state index contributed by atoms with van der Waals surface area (Å²) in [7, 11) is 0. The maximum atomic E-state index is 3.80. The Balaban J connectivity index is 1.54. The molecule has 2 aliphatic carbocycles. The van der Waals surface area contributed by atoms with Gasteiger partial charge in [-0.15, -0.1) is 0 Å². The van der Waals surface area contributed by atoms with E-state index in [0.29, 0.717) is 5.41 Å². The first-order valence-corrected chi connectivity index (χ1v) is 7.72. The Morgan fingerprint density at radius 1 is 1.18 bits per heavy atom. The van der Waals surface area contributed by atoms with Crippen molar-refractivity contribution in [3.05, 3.63) is 0 Å². The van der Waals surface area contributed by atoms with Crippen LogP contribution < -0.4 is 5.32 Å². The van der Waals surface area contributed by atoms with Crippen LogP contribution in [-0.4, -0.2) is 37.1 Å². The summed E-state index contributed by atoms with van der Waals surface area (Å²) in [5.74, 6) is 0.935. The highest BCUT2D eigenvalue weighted by Gasteiger charge is 2.37. The maximum absolute atomic E-state index is 3.80. The topological polar surface area (TPSA) is 15.3 Å². The van der Waals surface area contributed by atoms with Gasteiger partial charge in [-0.2, -0.15) is 0 Å². The molecule has 1 atom stereocenters. The van der Waals surface area contributed by atoms with E-state index in [1.54, 1.807) is 0 Å². The van der Waals surface area contributed by atoms with Crippen molar-refractivity contribution < 1.29 is 0 Å². The Hall–Kier alpha value is -0.0800. The van der Waals surface area contributed by atoms with Crippen molar-refractivity contribution in [1.82, 2.24) is 10.2 Å². The van der Waals surface area contributed by atoms with E-state index < -0.39 is 0 Å². The molecule has 2 saturated carbocycles. The van der Waals surface area contributed by atoms with E-state index in [9.17, 15) is 0 Å². The highest BCUT2D eigenvalue weighted by Crippen LogP contribution is 2.39. The van der Waals surface area contributed by atoms with Crippen LogP contribution >= 0.6 is 0 Å². The first-order valence-electron chi connectivity index (χ1n) is 7.72. The zero-order chi connectivity index (χ0) is 11.7. The van der Waals surface area contributed by atoms with E-state index in [4.69, 9.17) is 0 Å². The van der Waals surface area contributed by atoms with Gasteiger partial charge in [0.15, 0.2) is 0 Å². The van der Waals surface area contributed by atoms with Gasteiger partial charge in [0.1, 0.15) is 0 Å². The Labute approximate surface area is 106 Å². The zero-order valence-electron chi connectivity index (χ0n) is 11.4. The molecule has 1 saturated heterocycles. The molecule has 1 N–H and O–H groups in total. The van der Waals surface area contributed by atoms with Crippen LogP contribution in [0.25, 0.3) is 0 Å². The third-order valence-corrected chi connectivity index (χ3v) is 5.07. The van der Waals surface area contributed by atoms with Crippen LogP contribution in [0.2, 0.25) is 0 Å². The van der Waals surface area contributed by atoms with Crippen molar-refractivity contribution >= 4 is 0 Å². The second-order valence-corrected chi connectivity index (χ2v) is 6.99. The number of hydrogen-bond acceptors (Lipinski definition) is 2. The second-order valence-electron chi connectivity index (χ2n) is 6.99. The van der Waals surface area contributed by atoms with Gasteiger partial charge < -0.3 is 10.2 Å². The highest BCUT2D eigenvalue weighted by molar-refractivity contribution is 4.93. The summed E-state index contributed by atoms with van der Waals surface area (Å²) in [6.07, 6.45) is 10.2. The van der Waals surface area contributed by atoms with Crippen LogP contribution in [0.1, 0.15) is 51.9 Å². The first kappa shape index (κ1) is 12.0. The van der Waals surface area contributed by atoms with Crippen LogP contribution in [-0.2, 0) is 0 Å². The van der Waals surface area contributed by atoms with Gasteiger partial charge in [0.2, 0.25) is 0 Å². The quantitative estimate of drug-likeness (QED) is 0.789. The fourth-order valence-electron chi connectivity index (χ4n) is 3.81. The summed E-state index contributed by atoms with van der Waals surface area (Å²) in [6, 6.07) is 0.880. The van der Waals surface area contributed by atoms with Gasteiger partial charge in [0, 0.05) is 25.7 Å². The second kappa shape index (κ2) is 4.89. The Morgan fingerprint density at radius 2 is 1.94 bits per heavy atom. The van der Waals surface area contributed by atoms with Gasteiger partial charge in [-0.05, 0) is 50.0 Å². The summed E-state index contributed by atoms with van der Waals surface area (Å²) in [6.45, 7) is 7.78. The molecule has 0 spiro atoms. The minimum atomic E-state index is 0.632. The normalized spacial score (nSPS) is 33.4. The van der Waals surface area contributed by atoms with Gasteiger partial charge in [0.05, 0.1) is 0 Å². The lowest BCUT2D eigenvalue weighted by atomic mass is 9.85. The molecular formula is C15H28N2. The van der Waals surface area contributed by atoms with Crippen molar-refractivity contribution in [2.24, 2.45) is 11.3 Å². The molecule has 2 nitrogen and oxygen atoms in total. The lowest BCUT2D eigenvalue weighted by Crippen LogP contribution is -2.42. The first-order chi connectivity index (χ1) is 8.26. The van der Waals surface area contributed by atoms with Gasteiger partial charge in [-0.3, -0.25) is 0 Å². The van der Waals surface area contributed by atoms with Crippen LogP contribution in [0.5, 0.6) is 0 Å². The maximum Gasteiger partial charge on any atom is 0.00684 e. The summed E-state index contributed by atoms with van der Waals surface area (Å²) < 4.78 is 0. The third kappa shape index (κ3) is 3.03. The lowest BCUT2D eigenvalue weighted by Gasteiger charge is -2.34. The van der Waals surface area contributed by atoms with Crippen LogP contribution in [0.15, 0.2) is 0 Å². The average molecular weight is 236 g/mol. The van der Waals surface area contributed by atoms with Gasteiger partial charge in [-0.25, -0.2) is 0 Å². The molecule has 0 amide bonds. The van der Waals surface area contributed by atoms with Gasteiger partial charge >= 0.3 is 0 Å². The Bertz CT molecular complexity index is 254. The van der Waals surface area contributed by atoms with Gasteiger partial charge in [0.25, 0.3) is 0 Å². The smallest absolute Gasteiger partial charge is 0.00684 e. The summed E-state index contributed by atoms with van der Waals surface area (Å²) in [5.41, 5.74) is 0.632. The molecule has 3 rings (SSSR count). The molecular weight excluding hydrogens is 208 g/mol. The number of likely N-dealkylation sites (tertiary alicyclic amines) is 1. The van der Waals surface area contributed by atoms with E-state index in [0.717, 1.165) is 12.0 Å². The fraction of sp³-hybridized carbons (Fsp3) is 1.00. The molecule has 98 valence electrons. The minimum Gasteiger partial charge on any atom is -0.313 e. The zero-order valence-corrected chi connectivity index (χ0v) is 11.4. The predicted octanol–water partition coefficient (Wildman–Crippen LogP) is 2.64. The van der Waals surface area contributed by atoms with Crippen molar-refractivity contribution in [2.45, 2.75) is 57.9 Å². The molecule has 1 heterocycles. The standard InChI is InChI=1S/C15H28N2/c1-13-6-9-17(10-13)12-15(7-2-3-8-15)11-16-14-4-5-14/h13-14,16H,2-12H2,1H3. The van der Waals surface area contributed by atoms with Crippen molar-refractivity contribution in [1.29, 1.82) is 0 Å². The van der Waals surface area contributed by atoms with Crippen molar-refractivity contribution in [2.75, 3.05) is 26.2 Å². The molecule has 1 unspecified atom stereocenters. The number of nitrogens with one attached hydrogen (secondary N) is 1. The summed E-state index contributed by atoms with van der Waals surface area (Å²) >= 11 is 0. The number of nitrogens with zero attached hydrogens (tertiary/aromatic N) is 1. The van der Waals surface area contributed by atoms with Crippen LogP contribution in [0.4, 0.5) is 0 Å². The molecule has 1 aliphatic heterocycles. The molecule has 2 heteroatoms. The molecule has 3 fully saturated rings.